The van der Waals surface area contributed by atoms with E-state index < -0.39 is 15.9 Å². The minimum Gasteiger partial charge on any atom is -0.503 e. The van der Waals surface area contributed by atoms with E-state index >= 15 is 0 Å². The van der Waals surface area contributed by atoms with Crippen LogP contribution in [0.5, 0.6) is 11.5 Å². The number of sulfonamides is 1. The molecular formula is C19H20BrN3O5S. The van der Waals surface area contributed by atoms with Gasteiger partial charge in [-0.2, -0.15) is 9.41 Å². The lowest BCUT2D eigenvalue weighted by Crippen LogP contribution is -2.28. The predicted octanol–water partition coefficient (Wildman–Crippen LogP) is 2.71. The molecule has 0 radical (unpaired) electrons. The Bertz CT molecular complexity index is 1050. The van der Waals surface area contributed by atoms with Crippen molar-refractivity contribution in [2.45, 2.75) is 17.7 Å². The van der Waals surface area contributed by atoms with Gasteiger partial charge in [-0.1, -0.05) is 6.07 Å². The third-order valence-electron chi connectivity index (χ3n) is 4.45. The molecule has 1 fully saturated rings. The van der Waals surface area contributed by atoms with E-state index in [1.807, 2.05) is 0 Å². The zero-order chi connectivity index (χ0) is 21.0. The first kappa shape index (κ1) is 21.3. The molecule has 0 aromatic heterocycles. The number of hydrogen-bond donors (Lipinski definition) is 2. The number of carbonyl (C=O) groups excluding carboxylic acids is 1. The van der Waals surface area contributed by atoms with Crippen LogP contribution in [0.4, 0.5) is 0 Å². The summed E-state index contributed by atoms with van der Waals surface area (Å²) >= 11 is 3.21. The molecule has 10 heteroatoms. The van der Waals surface area contributed by atoms with Crippen molar-refractivity contribution in [2.75, 3.05) is 20.2 Å². The fraction of sp³-hybridized carbons (Fsp3) is 0.263. The van der Waals surface area contributed by atoms with Crippen LogP contribution < -0.4 is 10.2 Å². The normalized spacial score (nSPS) is 15.0. The second-order valence-electron chi connectivity index (χ2n) is 6.39. The monoisotopic (exact) mass is 481 g/mol. The number of phenolic OH excluding ortho intramolecular Hbond substituents is 1. The van der Waals surface area contributed by atoms with Crippen molar-refractivity contribution in [3.05, 3.63) is 52.0 Å². The number of hydrogen-bond acceptors (Lipinski definition) is 6. The molecule has 1 heterocycles. The van der Waals surface area contributed by atoms with E-state index in [0.29, 0.717) is 23.1 Å². The zero-order valence-corrected chi connectivity index (χ0v) is 18.0. The number of nitrogens with zero attached hydrogens (tertiary/aromatic N) is 2. The Balaban J connectivity index is 1.73. The number of halogens is 1. The van der Waals surface area contributed by atoms with Crippen molar-refractivity contribution in [3.8, 4) is 11.5 Å². The van der Waals surface area contributed by atoms with Crippen LogP contribution in [0.3, 0.4) is 0 Å². The zero-order valence-electron chi connectivity index (χ0n) is 15.6. The molecule has 1 aliphatic rings. The van der Waals surface area contributed by atoms with Gasteiger partial charge in [0.05, 0.1) is 22.7 Å². The first-order valence-corrected chi connectivity index (χ1v) is 11.1. The molecule has 0 saturated carbocycles. The highest BCUT2D eigenvalue weighted by Crippen LogP contribution is 2.34. The van der Waals surface area contributed by atoms with Crippen molar-refractivity contribution in [1.82, 2.24) is 9.73 Å². The second-order valence-corrected chi connectivity index (χ2v) is 9.18. The summed E-state index contributed by atoms with van der Waals surface area (Å²) in [6.07, 6.45) is 3.06. The lowest BCUT2D eigenvalue weighted by atomic mass is 10.2. The number of benzene rings is 2. The number of rotatable bonds is 6. The summed E-state index contributed by atoms with van der Waals surface area (Å²) < 4.78 is 32.2. The number of nitrogens with one attached hydrogen (secondary N) is 1. The number of methoxy groups -OCH3 is 1. The highest BCUT2D eigenvalue weighted by molar-refractivity contribution is 9.10. The lowest BCUT2D eigenvalue weighted by Gasteiger charge is -2.15. The molecule has 8 nitrogen and oxygen atoms in total. The molecule has 3 rings (SSSR count). The number of amides is 1. The largest absolute Gasteiger partial charge is 0.503 e. The fourth-order valence-electron chi connectivity index (χ4n) is 2.93. The van der Waals surface area contributed by atoms with E-state index in [0.717, 1.165) is 12.8 Å². The highest BCUT2D eigenvalue weighted by Gasteiger charge is 2.27. The van der Waals surface area contributed by atoms with Crippen LogP contribution in [-0.4, -0.2) is 50.2 Å². The van der Waals surface area contributed by atoms with Crippen LogP contribution in [0.25, 0.3) is 0 Å². The summed E-state index contributed by atoms with van der Waals surface area (Å²) in [6, 6.07) is 9.04. The summed E-state index contributed by atoms with van der Waals surface area (Å²) in [5.41, 5.74) is 3.14. The molecule has 0 spiro atoms. The smallest absolute Gasteiger partial charge is 0.271 e. The number of hydrazone groups is 1. The van der Waals surface area contributed by atoms with Gasteiger partial charge < -0.3 is 9.84 Å². The lowest BCUT2D eigenvalue weighted by molar-refractivity contribution is 0.0955. The van der Waals surface area contributed by atoms with E-state index in [1.54, 1.807) is 12.1 Å². The van der Waals surface area contributed by atoms with Crippen LogP contribution in [0.1, 0.15) is 28.8 Å². The first-order chi connectivity index (χ1) is 13.8. The maximum atomic E-state index is 12.7. The van der Waals surface area contributed by atoms with E-state index in [9.17, 15) is 18.3 Å². The molecule has 154 valence electrons. The van der Waals surface area contributed by atoms with Crippen molar-refractivity contribution >= 4 is 38.1 Å². The van der Waals surface area contributed by atoms with Crippen LogP contribution >= 0.6 is 15.9 Å². The molecule has 1 aliphatic heterocycles. The van der Waals surface area contributed by atoms with Crippen LogP contribution in [-0.2, 0) is 10.0 Å². The fourth-order valence-corrected chi connectivity index (χ4v) is 4.95. The van der Waals surface area contributed by atoms with Crippen LogP contribution in [0.15, 0.2) is 50.9 Å². The number of ether oxygens (including phenoxy) is 1. The van der Waals surface area contributed by atoms with Gasteiger partial charge in [0, 0.05) is 18.7 Å². The summed E-state index contributed by atoms with van der Waals surface area (Å²) in [5.74, 6) is -0.318. The van der Waals surface area contributed by atoms with E-state index in [2.05, 4.69) is 26.5 Å². The molecule has 2 N–H and O–H groups in total. The van der Waals surface area contributed by atoms with Gasteiger partial charge in [0.15, 0.2) is 11.5 Å². The molecule has 2 aromatic carbocycles. The molecular weight excluding hydrogens is 462 g/mol. The minimum atomic E-state index is -3.60. The summed E-state index contributed by atoms with van der Waals surface area (Å²) in [6.45, 7) is 0.989. The quantitative estimate of drug-likeness (QED) is 0.486. The van der Waals surface area contributed by atoms with Gasteiger partial charge in [-0.15, -0.1) is 0 Å². The van der Waals surface area contributed by atoms with Crippen molar-refractivity contribution < 1.29 is 23.1 Å². The Labute approximate surface area is 177 Å². The molecule has 0 atom stereocenters. The van der Waals surface area contributed by atoms with Crippen molar-refractivity contribution in [3.63, 3.8) is 0 Å². The number of aromatic hydroxyl groups is 1. The Morgan fingerprint density at radius 3 is 2.69 bits per heavy atom. The molecule has 0 bridgehead atoms. The van der Waals surface area contributed by atoms with Gasteiger partial charge in [0.1, 0.15) is 0 Å². The van der Waals surface area contributed by atoms with E-state index in [-0.39, 0.29) is 22.0 Å². The SMILES string of the molecule is COc1cc(C=NNC(=O)c2cccc(S(=O)(=O)N3CCCC3)c2)cc(Br)c1O. The maximum absolute atomic E-state index is 12.7. The number of carbonyl (C=O) groups is 1. The number of phenols is 1. The average Bonchev–Trinajstić information content (AvgIpc) is 3.26. The van der Waals surface area contributed by atoms with E-state index in [4.69, 9.17) is 4.74 Å². The molecule has 0 unspecified atom stereocenters. The third-order valence-corrected chi connectivity index (χ3v) is 6.95. The van der Waals surface area contributed by atoms with Crippen LogP contribution in [0, 0.1) is 0 Å². The van der Waals surface area contributed by atoms with Gasteiger partial charge >= 0.3 is 0 Å². The van der Waals surface area contributed by atoms with Gasteiger partial charge in [-0.25, -0.2) is 13.8 Å². The molecule has 2 aromatic rings. The Morgan fingerprint density at radius 1 is 1.28 bits per heavy atom. The van der Waals surface area contributed by atoms with E-state index in [1.165, 1.54) is 41.9 Å². The highest BCUT2D eigenvalue weighted by atomic mass is 79.9. The van der Waals surface area contributed by atoms with Gasteiger partial charge in [-0.05, 0) is 64.7 Å². The predicted molar refractivity (Wildman–Crippen MR) is 112 cm³/mol. The van der Waals surface area contributed by atoms with Crippen molar-refractivity contribution in [2.24, 2.45) is 5.10 Å². The van der Waals surface area contributed by atoms with Crippen LogP contribution in [0.2, 0.25) is 0 Å². The molecule has 1 saturated heterocycles. The summed E-state index contributed by atoms with van der Waals surface area (Å²) in [4.78, 5) is 12.5. The van der Waals surface area contributed by atoms with Gasteiger partial charge in [-0.3, -0.25) is 4.79 Å². The Hall–Kier alpha value is -2.43. The molecule has 1 amide bonds. The summed E-state index contributed by atoms with van der Waals surface area (Å²) in [5, 5.41) is 13.7. The molecule has 29 heavy (non-hydrogen) atoms. The summed E-state index contributed by atoms with van der Waals surface area (Å²) in [7, 11) is -2.18. The maximum Gasteiger partial charge on any atom is 0.271 e. The Kier molecular flexibility index (Phi) is 6.56. The second kappa shape index (κ2) is 8.93. The first-order valence-electron chi connectivity index (χ1n) is 8.83. The third kappa shape index (κ3) is 4.77. The van der Waals surface area contributed by atoms with Gasteiger partial charge in [0.25, 0.3) is 5.91 Å². The molecule has 0 aliphatic carbocycles. The topological polar surface area (TPSA) is 108 Å². The minimum absolute atomic E-state index is 0.0373. The Morgan fingerprint density at radius 2 is 2.00 bits per heavy atom. The standard InChI is InChI=1S/C19H20BrN3O5S/c1-28-17-10-13(9-16(20)18(17)24)12-21-22-19(25)14-5-4-6-15(11-14)29(26,27)23-7-2-3-8-23/h4-6,9-12,24H,2-3,7-8H2,1H3,(H,22,25). The average molecular weight is 482 g/mol. The van der Waals surface area contributed by atoms with Gasteiger partial charge in [0.2, 0.25) is 10.0 Å². The van der Waals surface area contributed by atoms with Crippen molar-refractivity contribution in [1.29, 1.82) is 0 Å².